The van der Waals surface area contributed by atoms with Gasteiger partial charge in [-0.2, -0.15) is 0 Å². The standard InChI is InChI=1S/C14H19NO/c1-3-7-11(8-4-2)14-15-12-9-5-6-10-13(12)16-14/h5-6,9-11H,3-4,7-8H2,1-2H3. The predicted octanol–water partition coefficient (Wildman–Crippen LogP) is 4.51. The molecule has 2 rings (SSSR count). The molecule has 1 heterocycles. The molecule has 0 N–H and O–H groups in total. The minimum absolute atomic E-state index is 0.488. The molecule has 2 nitrogen and oxygen atoms in total. The van der Waals surface area contributed by atoms with Crippen LogP contribution in [0.25, 0.3) is 11.1 Å². The van der Waals surface area contributed by atoms with Crippen LogP contribution in [0, 0.1) is 0 Å². The number of hydrogen-bond donors (Lipinski definition) is 0. The molecular weight excluding hydrogens is 198 g/mol. The van der Waals surface area contributed by atoms with Gasteiger partial charge in [-0.15, -0.1) is 0 Å². The first-order valence-electron chi connectivity index (χ1n) is 6.20. The van der Waals surface area contributed by atoms with Gasteiger partial charge in [0.2, 0.25) is 0 Å². The van der Waals surface area contributed by atoms with Gasteiger partial charge in [0.15, 0.2) is 11.5 Å². The van der Waals surface area contributed by atoms with E-state index in [0.29, 0.717) is 5.92 Å². The van der Waals surface area contributed by atoms with Crippen molar-refractivity contribution in [2.75, 3.05) is 0 Å². The zero-order valence-electron chi connectivity index (χ0n) is 10.1. The minimum Gasteiger partial charge on any atom is -0.440 e. The molecule has 0 bridgehead atoms. The Bertz CT molecular complexity index is 408. The molecule has 1 aromatic carbocycles. The molecule has 0 saturated heterocycles. The summed E-state index contributed by atoms with van der Waals surface area (Å²) in [5.41, 5.74) is 1.89. The summed E-state index contributed by atoms with van der Waals surface area (Å²) in [4.78, 5) is 4.58. The fourth-order valence-corrected chi connectivity index (χ4v) is 2.15. The average Bonchev–Trinajstić information content (AvgIpc) is 2.72. The van der Waals surface area contributed by atoms with Gasteiger partial charge in [-0.3, -0.25) is 0 Å². The van der Waals surface area contributed by atoms with Crippen molar-refractivity contribution in [1.29, 1.82) is 0 Å². The van der Waals surface area contributed by atoms with Gasteiger partial charge in [0.1, 0.15) is 5.52 Å². The Morgan fingerprint density at radius 3 is 2.44 bits per heavy atom. The van der Waals surface area contributed by atoms with Crippen molar-refractivity contribution in [2.24, 2.45) is 0 Å². The maximum absolute atomic E-state index is 5.82. The van der Waals surface area contributed by atoms with E-state index in [9.17, 15) is 0 Å². The number of oxazole rings is 1. The van der Waals surface area contributed by atoms with Crippen LogP contribution in [0.1, 0.15) is 51.3 Å². The normalized spacial score (nSPS) is 11.4. The number of aromatic nitrogens is 1. The van der Waals surface area contributed by atoms with Gasteiger partial charge in [-0.1, -0.05) is 38.8 Å². The summed E-state index contributed by atoms with van der Waals surface area (Å²) in [5.74, 6) is 1.41. The van der Waals surface area contributed by atoms with Gasteiger partial charge in [0.05, 0.1) is 0 Å². The van der Waals surface area contributed by atoms with Crippen LogP contribution < -0.4 is 0 Å². The third-order valence-corrected chi connectivity index (χ3v) is 2.93. The number of nitrogens with zero attached hydrogens (tertiary/aromatic N) is 1. The highest BCUT2D eigenvalue weighted by atomic mass is 16.3. The van der Waals surface area contributed by atoms with Gasteiger partial charge in [-0.25, -0.2) is 4.98 Å². The minimum atomic E-state index is 0.488. The maximum Gasteiger partial charge on any atom is 0.198 e. The van der Waals surface area contributed by atoms with E-state index in [4.69, 9.17) is 4.42 Å². The predicted molar refractivity (Wildman–Crippen MR) is 66.6 cm³/mol. The summed E-state index contributed by atoms with van der Waals surface area (Å²) >= 11 is 0. The first kappa shape index (κ1) is 11.2. The molecule has 1 aromatic heterocycles. The van der Waals surface area contributed by atoms with Crippen molar-refractivity contribution in [3.8, 4) is 0 Å². The number of rotatable bonds is 5. The third kappa shape index (κ3) is 2.26. The Labute approximate surface area is 96.7 Å². The van der Waals surface area contributed by atoms with Crippen molar-refractivity contribution in [3.63, 3.8) is 0 Å². The van der Waals surface area contributed by atoms with E-state index in [1.807, 2.05) is 24.3 Å². The number of hydrogen-bond acceptors (Lipinski definition) is 2. The Hall–Kier alpha value is -1.31. The second-order valence-corrected chi connectivity index (χ2v) is 4.29. The molecule has 0 spiro atoms. The smallest absolute Gasteiger partial charge is 0.198 e. The fraction of sp³-hybridized carbons (Fsp3) is 0.500. The molecule has 0 radical (unpaired) electrons. The van der Waals surface area contributed by atoms with Crippen LogP contribution in [0.4, 0.5) is 0 Å². The van der Waals surface area contributed by atoms with Crippen LogP contribution in [0.15, 0.2) is 28.7 Å². The van der Waals surface area contributed by atoms with Gasteiger partial charge >= 0.3 is 0 Å². The summed E-state index contributed by atoms with van der Waals surface area (Å²) in [5, 5.41) is 0. The van der Waals surface area contributed by atoms with Gasteiger partial charge < -0.3 is 4.42 Å². The van der Waals surface area contributed by atoms with E-state index < -0.39 is 0 Å². The van der Waals surface area contributed by atoms with E-state index in [0.717, 1.165) is 17.0 Å². The average molecular weight is 217 g/mol. The van der Waals surface area contributed by atoms with E-state index in [2.05, 4.69) is 18.8 Å². The van der Waals surface area contributed by atoms with Crippen molar-refractivity contribution in [3.05, 3.63) is 30.2 Å². The second-order valence-electron chi connectivity index (χ2n) is 4.29. The summed E-state index contributed by atoms with van der Waals surface area (Å²) in [6, 6.07) is 7.99. The molecule has 0 atom stereocenters. The van der Waals surface area contributed by atoms with Gasteiger partial charge in [0, 0.05) is 5.92 Å². The van der Waals surface area contributed by atoms with Crippen molar-refractivity contribution >= 4 is 11.1 Å². The molecule has 2 heteroatoms. The summed E-state index contributed by atoms with van der Waals surface area (Å²) < 4.78 is 5.82. The second kappa shape index (κ2) is 5.15. The first-order valence-corrected chi connectivity index (χ1v) is 6.20. The van der Waals surface area contributed by atoms with E-state index in [-0.39, 0.29) is 0 Å². The topological polar surface area (TPSA) is 26.0 Å². The lowest BCUT2D eigenvalue weighted by molar-refractivity contribution is 0.428. The van der Waals surface area contributed by atoms with Gasteiger partial charge in [0.25, 0.3) is 0 Å². The zero-order chi connectivity index (χ0) is 11.4. The Morgan fingerprint density at radius 1 is 1.12 bits per heavy atom. The highest BCUT2D eigenvalue weighted by Gasteiger charge is 2.16. The van der Waals surface area contributed by atoms with Crippen LogP contribution in [-0.2, 0) is 0 Å². The zero-order valence-corrected chi connectivity index (χ0v) is 10.1. The lowest BCUT2D eigenvalue weighted by atomic mass is 9.98. The molecule has 0 aliphatic carbocycles. The highest BCUT2D eigenvalue weighted by Crippen LogP contribution is 2.28. The Balaban J connectivity index is 2.29. The summed E-state index contributed by atoms with van der Waals surface area (Å²) in [7, 11) is 0. The van der Waals surface area contributed by atoms with Crippen LogP contribution in [0.3, 0.4) is 0 Å². The number of fused-ring (bicyclic) bond motifs is 1. The molecule has 0 aliphatic rings. The SMILES string of the molecule is CCCC(CCC)c1nc2ccccc2o1. The molecule has 16 heavy (non-hydrogen) atoms. The molecular formula is C14H19NO. The van der Waals surface area contributed by atoms with Crippen LogP contribution in [0.2, 0.25) is 0 Å². The fourth-order valence-electron chi connectivity index (χ4n) is 2.15. The molecule has 0 amide bonds. The van der Waals surface area contributed by atoms with Gasteiger partial charge in [-0.05, 0) is 25.0 Å². The lowest BCUT2D eigenvalue weighted by Gasteiger charge is -2.09. The molecule has 0 fully saturated rings. The Kier molecular flexibility index (Phi) is 3.60. The molecule has 0 aliphatic heterocycles. The number of para-hydroxylation sites is 2. The molecule has 0 unspecified atom stereocenters. The van der Waals surface area contributed by atoms with Crippen LogP contribution >= 0.6 is 0 Å². The van der Waals surface area contributed by atoms with E-state index in [1.165, 1.54) is 25.7 Å². The number of benzene rings is 1. The van der Waals surface area contributed by atoms with Crippen molar-refractivity contribution in [1.82, 2.24) is 4.98 Å². The summed E-state index contributed by atoms with van der Waals surface area (Å²) in [6.07, 6.45) is 4.70. The third-order valence-electron chi connectivity index (χ3n) is 2.93. The molecule has 2 aromatic rings. The largest absolute Gasteiger partial charge is 0.440 e. The lowest BCUT2D eigenvalue weighted by Crippen LogP contribution is -1.98. The Morgan fingerprint density at radius 2 is 1.81 bits per heavy atom. The van der Waals surface area contributed by atoms with Crippen molar-refractivity contribution in [2.45, 2.75) is 45.4 Å². The quantitative estimate of drug-likeness (QED) is 0.736. The monoisotopic (exact) mass is 217 g/mol. The van der Waals surface area contributed by atoms with Crippen LogP contribution in [0.5, 0.6) is 0 Å². The van der Waals surface area contributed by atoms with E-state index >= 15 is 0 Å². The van der Waals surface area contributed by atoms with E-state index in [1.54, 1.807) is 0 Å². The molecule has 86 valence electrons. The van der Waals surface area contributed by atoms with Crippen molar-refractivity contribution < 1.29 is 4.42 Å². The first-order chi connectivity index (χ1) is 7.85. The summed E-state index contributed by atoms with van der Waals surface area (Å²) in [6.45, 7) is 4.43. The highest BCUT2D eigenvalue weighted by molar-refractivity contribution is 5.72. The van der Waals surface area contributed by atoms with Crippen LogP contribution in [-0.4, -0.2) is 4.98 Å². The molecule has 0 saturated carbocycles. The maximum atomic E-state index is 5.82.